The Balaban J connectivity index is 1.04. The number of rotatable bonds is 9. The fraction of sp³-hybridized carbons (Fsp3) is 0.625. The van der Waals surface area contributed by atoms with E-state index in [1.165, 1.54) is 4.90 Å². The molecule has 3 aliphatic rings. The number of hydrogen-bond acceptors (Lipinski definition) is 10. The van der Waals surface area contributed by atoms with Crippen LogP contribution in [0.1, 0.15) is 103 Å². The molecule has 2 aromatic heterocycles. The predicted octanol–water partition coefficient (Wildman–Crippen LogP) is 6.55. The molecule has 3 aromatic rings. The van der Waals surface area contributed by atoms with E-state index in [0.717, 1.165) is 79.4 Å². The molecule has 0 saturated carbocycles. The van der Waals surface area contributed by atoms with Crippen LogP contribution in [0.15, 0.2) is 40.4 Å². The number of nitrogens with zero attached hydrogens (tertiary/aromatic N) is 5. The molecule has 0 aliphatic carbocycles. The van der Waals surface area contributed by atoms with Crippen molar-refractivity contribution in [2.24, 2.45) is 17.8 Å². The van der Waals surface area contributed by atoms with Gasteiger partial charge in [-0.3, -0.25) is 9.59 Å². The van der Waals surface area contributed by atoms with Crippen molar-refractivity contribution >= 4 is 35.1 Å². The summed E-state index contributed by atoms with van der Waals surface area (Å²) in [5.41, 5.74) is 4.36. The van der Waals surface area contributed by atoms with E-state index in [2.05, 4.69) is 20.4 Å². The van der Waals surface area contributed by atoms with Crippen molar-refractivity contribution in [3.05, 3.63) is 52.9 Å². The second-order valence-electron chi connectivity index (χ2n) is 16.5. The largest absolute Gasteiger partial charge is 0.444 e. The molecule has 0 spiro atoms. The maximum Gasteiger partial charge on any atom is 0.410 e. The smallest absolute Gasteiger partial charge is 0.410 e. The molecule has 1 aromatic carbocycles. The van der Waals surface area contributed by atoms with Crippen LogP contribution in [0.5, 0.6) is 0 Å². The number of likely N-dealkylation sites (tertiary alicyclic amines) is 2. The van der Waals surface area contributed by atoms with E-state index in [1.807, 2.05) is 89.2 Å². The molecule has 4 atom stereocenters. The highest BCUT2D eigenvalue weighted by atomic mass is 32.1. The minimum atomic E-state index is -0.795. The quantitative estimate of drug-likeness (QED) is 0.249. The Morgan fingerprint density at radius 1 is 1.00 bits per heavy atom. The van der Waals surface area contributed by atoms with E-state index in [0.29, 0.717) is 17.6 Å². The van der Waals surface area contributed by atoms with Gasteiger partial charge in [-0.1, -0.05) is 43.3 Å². The fourth-order valence-electron chi connectivity index (χ4n) is 8.17. The summed E-state index contributed by atoms with van der Waals surface area (Å²) in [4.78, 5) is 51.5. The first kappa shape index (κ1) is 38.7. The predicted molar refractivity (Wildman–Crippen MR) is 205 cm³/mol. The Morgan fingerprint density at radius 2 is 1.64 bits per heavy atom. The number of β-amino-alcohol motifs (C(OH)–C–C–N with tert-alkyl or cyclic N) is 1. The SMILES string of the molecule is Cc1ncsc1-c1ccc([C@H](C)NC(=O)[C@@H]2C[C@@H](O)CN2C(=O)[C@H](c2cc(N3CCC(C4CCN(C(=O)OC(C)(C)C)CC4)CC3)no2)C(C)C)cc1. The van der Waals surface area contributed by atoms with Crippen LogP contribution < -0.4 is 10.2 Å². The molecule has 3 fully saturated rings. The second kappa shape index (κ2) is 16.2. The van der Waals surface area contributed by atoms with Crippen LogP contribution in [0.2, 0.25) is 0 Å². The van der Waals surface area contributed by atoms with Gasteiger partial charge in [0, 0.05) is 45.2 Å². The van der Waals surface area contributed by atoms with Crippen LogP contribution in [-0.4, -0.2) is 93.4 Å². The summed E-state index contributed by atoms with van der Waals surface area (Å²) in [6, 6.07) is 8.87. The summed E-state index contributed by atoms with van der Waals surface area (Å²) in [5, 5.41) is 18.2. The first-order valence-corrected chi connectivity index (χ1v) is 20.0. The molecule has 0 unspecified atom stereocenters. The van der Waals surface area contributed by atoms with Gasteiger partial charge in [-0.2, -0.15) is 0 Å². The molecule has 3 aliphatic heterocycles. The van der Waals surface area contributed by atoms with Crippen molar-refractivity contribution in [1.29, 1.82) is 0 Å². The number of nitrogens with one attached hydrogen (secondary N) is 1. The van der Waals surface area contributed by atoms with Gasteiger partial charge in [0.1, 0.15) is 17.6 Å². The highest BCUT2D eigenvalue weighted by molar-refractivity contribution is 7.13. The first-order chi connectivity index (χ1) is 25.2. The molecule has 288 valence electrons. The molecule has 0 radical (unpaired) electrons. The molecule has 5 heterocycles. The monoisotopic (exact) mass is 748 g/mol. The number of aromatic nitrogens is 2. The molecule has 0 bridgehead atoms. The van der Waals surface area contributed by atoms with Crippen molar-refractivity contribution in [1.82, 2.24) is 25.3 Å². The fourth-order valence-corrected chi connectivity index (χ4v) is 8.98. The minimum Gasteiger partial charge on any atom is -0.444 e. The van der Waals surface area contributed by atoms with Gasteiger partial charge in [0.05, 0.1) is 28.2 Å². The van der Waals surface area contributed by atoms with Crippen molar-refractivity contribution < 1.29 is 28.8 Å². The van der Waals surface area contributed by atoms with Crippen LogP contribution in [0, 0.1) is 24.7 Å². The number of hydrogen-bond donors (Lipinski definition) is 2. The number of aliphatic hydroxyl groups is 1. The number of carbonyl (C=O) groups excluding carboxylic acids is 3. The Morgan fingerprint density at radius 3 is 2.23 bits per heavy atom. The Labute approximate surface area is 317 Å². The van der Waals surface area contributed by atoms with E-state index < -0.39 is 23.7 Å². The topological polar surface area (TPSA) is 141 Å². The standard InChI is InChI=1S/C40H56N6O6S/c1-24(2)35(33-21-34(43-52-33)44-16-12-28(13-17-44)29-14-18-45(19-15-29)39(50)51-40(5,6)7)38(49)46-22-31(47)20-32(46)37(48)42-25(3)27-8-10-30(11-9-27)36-26(4)41-23-53-36/h8-11,21,23-25,28-29,31-32,35,47H,12-20,22H2,1-7H3,(H,42,48)/t25-,31+,32-,35-/m0/s1. The Kier molecular flexibility index (Phi) is 11.8. The molecule has 12 nitrogen and oxygen atoms in total. The highest BCUT2D eigenvalue weighted by Gasteiger charge is 2.44. The second-order valence-corrected chi connectivity index (χ2v) is 17.3. The van der Waals surface area contributed by atoms with Gasteiger partial charge in [0.2, 0.25) is 11.8 Å². The van der Waals surface area contributed by atoms with E-state index in [9.17, 15) is 19.5 Å². The molecule has 53 heavy (non-hydrogen) atoms. The van der Waals surface area contributed by atoms with Gasteiger partial charge >= 0.3 is 6.09 Å². The van der Waals surface area contributed by atoms with Gasteiger partial charge in [-0.05, 0) is 89.2 Å². The van der Waals surface area contributed by atoms with Gasteiger partial charge in [0.15, 0.2) is 11.6 Å². The zero-order valence-electron chi connectivity index (χ0n) is 32.2. The number of thiazole rings is 1. The third kappa shape index (κ3) is 9.05. The van der Waals surface area contributed by atoms with Crippen molar-refractivity contribution in [2.45, 2.75) is 110 Å². The molecule has 13 heteroatoms. The lowest BCUT2D eigenvalue weighted by molar-refractivity contribution is -0.141. The van der Waals surface area contributed by atoms with Crippen molar-refractivity contribution in [2.75, 3.05) is 37.6 Å². The van der Waals surface area contributed by atoms with Gasteiger partial charge in [-0.15, -0.1) is 11.3 Å². The maximum absolute atomic E-state index is 14.2. The Bertz CT molecular complexity index is 1720. The number of piperidine rings is 2. The molecular weight excluding hydrogens is 693 g/mol. The highest BCUT2D eigenvalue weighted by Crippen LogP contribution is 2.37. The number of carbonyl (C=O) groups is 3. The summed E-state index contributed by atoms with van der Waals surface area (Å²) in [7, 11) is 0. The number of ether oxygens (including phenoxy) is 1. The van der Waals surface area contributed by atoms with Gasteiger partial charge in [0.25, 0.3) is 0 Å². The lowest BCUT2D eigenvalue weighted by Crippen LogP contribution is -2.48. The van der Waals surface area contributed by atoms with E-state index in [-0.39, 0.29) is 42.8 Å². The number of aryl methyl sites for hydroxylation is 1. The third-order valence-electron chi connectivity index (χ3n) is 11.1. The Hall–Kier alpha value is -3.97. The van der Waals surface area contributed by atoms with Crippen molar-refractivity contribution in [3.63, 3.8) is 0 Å². The zero-order valence-corrected chi connectivity index (χ0v) is 33.0. The summed E-state index contributed by atoms with van der Waals surface area (Å²) in [6.07, 6.45) is 3.19. The van der Waals surface area contributed by atoms with E-state index in [1.54, 1.807) is 11.3 Å². The van der Waals surface area contributed by atoms with Gasteiger partial charge in [-0.25, -0.2) is 9.78 Å². The number of benzene rings is 1. The average molecular weight is 749 g/mol. The molecule has 2 N–H and O–H groups in total. The third-order valence-corrected chi connectivity index (χ3v) is 12.1. The van der Waals surface area contributed by atoms with E-state index in [4.69, 9.17) is 9.26 Å². The molecule has 3 amide bonds. The number of anilines is 1. The van der Waals surface area contributed by atoms with Crippen LogP contribution in [0.25, 0.3) is 10.4 Å². The lowest BCUT2D eigenvalue weighted by Gasteiger charge is -2.40. The summed E-state index contributed by atoms with van der Waals surface area (Å²) >= 11 is 1.60. The van der Waals surface area contributed by atoms with Crippen LogP contribution in [0.4, 0.5) is 10.6 Å². The normalized spacial score (nSPS) is 21.6. The summed E-state index contributed by atoms with van der Waals surface area (Å²) in [6.45, 7) is 16.8. The van der Waals surface area contributed by atoms with Gasteiger partial charge < -0.3 is 34.4 Å². The van der Waals surface area contributed by atoms with Crippen LogP contribution >= 0.6 is 11.3 Å². The zero-order chi connectivity index (χ0) is 38.0. The molecule has 6 rings (SSSR count). The van der Waals surface area contributed by atoms with Crippen LogP contribution in [0.3, 0.4) is 0 Å². The van der Waals surface area contributed by atoms with Crippen molar-refractivity contribution in [3.8, 4) is 10.4 Å². The lowest BCUT2D eigenvalue weighted by atomic mass is 9.79. The minimum absolute atomic E-state index is 0.0859. The number of aliphatic hydroxyl groups excluding tert-OH is 1. The number of amides is 3. The molecular formula is C40H56N6O6S. The van der Waals surface area contributed by atoms with E-state index >= 15 is 0 Å². The molecule has 3 saturated heterocycles. The maximum atomic E-state index is 14.2. The average Bonchev–Trinajstić information content (AvgIpc) is 3.88. The first-order valence-electron chi connectivity index (χ1n) is 19.2. The summed E-state index contributed by atoms with van der Waals surface area (Å²) in [5.74, 6) is 1.06. The summed E-state index contributed by atoms with van der Waals surface area (Å²) < 4.78 is 11.4. The van der Waals surface area contributed by atoms with Crippen LogP contribution in [-0.2, 0) is 14.3 Å².